The lowest BCUT2D eigenvalue weighted by Crippen LogP contribution is -2.27. The van der Waals surface area contributed by atoms with Gasteiger partial charge < -0.3 is 14.8 Å². The maximum Gasteiger partial charge on any atom is 0.235 e. The smallest absolute Gasteiger partial charge is 0.235 e. The molecule has 4 heteroatoms. The second kappa shape index (κ2) is 6.16. The van der Waals surface area contributed by atoms with Crippen molar-refractivity contribution in [2.24, 2.45) is 0 Å². The van der Waals surface area contributed by atoms with Gasteiger partial charge in [-0.05, 0) is 53.8 Å². The molecule has 4 nitrogen and oxygen atoms in total. The van der Waals surface area contributed by atoms with Crippen molar-refractivity contribution in [3.05, 3.63) is 78.4 Å². The number of hydrogen-bond acceptors (Lipinski definition) is 3. The van der Waals surface area contributed by atoms with Gasteiger partial charge in [-0.25, -0.2) is 0 Å². The van der Waals surface area contributed by atoms with Crippen LogP contribution in [0.4, 0.5) is 5.69 Å². The maximum atomic E-state index is 13.1. The highest BCUT2D eigenvalue weighted by atomic mass is 16.7. The third-order valence-electron chi connectivity index (χ3n) is 5.34. The Bertz CT molecular complexity index is 1010. The quantitative estimate of drug-likeness (QED) is 0.733. The molecule has 1 N–H and O–H groups in total. The number of benzene rings is 3. The Balaban J connectivity index is 1.39. The molecular formula is C23H19NO3. The van der Waals surface area contributed by atoms with Gasteiger partial charge in [0.05, 0.1) is 5.41 Å². The summed E-state index contributed by atoms with van der Waals surface area (Å²) in [5.74, 6) is 1.50. The van der Waals surface area contributed by atoms with E-state index in [1.165, 1.54) is 0 Å². The Morgan fingerprint density at radius 2 is 1.59 bits per heavy atom. The van der Waals surface area contributed by atoms with Crippen LogP contribution in [0.3, 0.4) is 0 Å². The van der Waals surface area contributed by atoms with Crippen molar-refractivity contribution in [2.75, 3.05) is 12.1 Å². The van der Waals surface area contributed by atoms with Gasteiger partial charge in [-0.3, -0.25) is 4.79 Å². The minimum absolute atomic E-state index is 0.0339. The summed E-state index contributed by atoms with van der Waals surface area (Å²) in [5.41, 5.74) is 3.55. The summed E-state index contributed by atoms with van der Waals surface area (Å²) in [6, 6.07) is 23.9. The summed E-state index contributed by atoms with van der Waals surface area (Å²) in [4.78, 5) is 13.1. The summed E-state index contributed by atoms with van der Waals surface area (Å²) in [6.07, 6.45) is 1.69. The average Bonchev–Trinajstić information content (AvgIpc) is 3.40. The van der Waals surface area contributed by atoms with E-state index in [2.05, 4.69) is 23.5 Å². The number of fused-ring (bicyclic) bond motifs is 1. The molecule has 27 heavy (non-hydrogen) atoms. The predicted octanol–water partition coefficient (Wildman–Crippen LogP) is 4.75. The van der Waals surface area contributed by atoms with Crippen LogP contribution in [-0.2, 0) is 10.2 Å². The SMILES string of the molecule is O=C(Nc1cccc(-c2ccccc2)c1)C1(c2ccc3c(c2)OCO3)CC1. The van der Waals surface area contributed by atoms with Crippen molar-refractivity contribution < 1.29 is 14.3 Å². The van der Waals surface area contributed by atoms with Crippen LogP contribution in [0.1, 0.15) is 18.4 Å². The van der Waals surface area contributed by atoms with Crippen molar-refractivity contribution in [3.63, 3.8) is 0 Å². The van der Waals surface area contributed by atoms with E-state index in [1.54, 1.807) is 0 Å². The van der Waals surface area contributed by atoms with Crippen LogP contribution >= 0.6 is 0 Å². The van der Waals surface area contributed by atoms with Gasteiger partial charge in [0, 0.05) is 5.69 Å². The molecule has 1 saturated carbocycles. The number of ether oxygens (including phenoxy) is 2. The van der Waals surface area contributed by atoms with Crippen molar-refractivity contribution in [2.45, 2.75) is 18.3 Å². The lowest BCUT2D eigenvalue weighted by molar-refractivity contribution is -0.118. The average molecular weight is 357 g/mol. The number of nitrogens with one attached hydrogen (secondary N) is 1. The van der Waals surface area contributed by atoms with Crippen LogP contribution in [0.5, 0.6) is 11.5 Å². The lowest BCUT2D eigenvalue weighted by atomic mass is 9.94. The first-order valence-electron chi connectivity index (χ1n) is 9.12. The third-order valence-corrected chi connectivity index (χ3v) is 5.34. The standard InChI is InChI=1S/C23H19NO3/c25-22(23(11-12-23)18-9-10-20-21(14-18)27-15-26-20)24-19-8-4-7-17(13-19)16-5-2-1-3-6-16/h1-10,13-14H,11-12,15H2,(H,24,25). The molecule has 0 unspecified atom stereocenters. The van der Waals surface area contributed by atoms with Crippen LogP contribution in [-0.4, -0.2) is 12.7 Å². The number of carbonyl (C=O) groups excluding carboxylic acids is 1. The summed E-state index contributed by atoms with van der Waals surface area (Å²) < 4.78 is 10.8. The molecule has 0 bridgehead atoms. The largest absolute Gasteiger partial charge is 0.454 e. The molecule has 3 aromatic carbocycles. The number of carbonyl (C=O) groups is 1. The lowest BCUT2D eigenvalue weighted by Gasteiger charge is -2.17. The molecule has 0 saturated heterocycles. The van der Waals surface area contributed by atoms with Crippen molar-refractivity contribution >= 4 is 11.6 Å². The van der Waals surface area contributed by atoms with Crippen LogP contribution < -0.4 is 14.8 Å². The van der Waals surface area contributed by atoms with Crippen LogP contribution in [0.2, 0.25) is 0 Å². The molecule has 0 spiro atoms. The molecule has 1 aliphatic heterocycles. The molecule has 0 atom stereocenters. The molecule has 0 aromatic heterocycles. The topological polar surface area (TPSA) is 47.6 Å². The second-order valence-electron chi connectivity index (χ2n) is 7.05. The fraction of sp³-hybridized carbons (Fsp3) is 0.174. The second-order valence-corrected chi connectivity index (χ2v) is 7.05. The summed E-state index contributed by atoms with van der Waals surface area (Å²) in [7, 11) is 0. The fourth-order valence-electron chi connectivity index (χ4n) is 3.62. The van der Waals surface area contributed by atoms with Crippen molar-refractivity contribution in [1.29, 1.82) is 0 Å². The molecule has 1 amide bonds. The molecular weight excluding hydrogens is 338 g/mol. The number of hydrogen-bond donors (Lipinski definition) is 1. The zero-order valence-corrected chi connectivity index (χ0v) is 14.8. The monoisotopic (exact) mass is 357 g/mol. The van der Waals surface area contributed by atoms with Gasteiger partial charge in [-0.15, -0.1) is 0 Å². The number of rotatable bonds is 4. The first kappa shape index (κ1) is 15.9. The predicted molar refractivity (Wildman–Crippen MR) is 104 cm³/mol. The Kier molecular flexibility index (Phi) is 3.64. The first-order chi connectivity index (χ1) is 13.2. The highest BCUT2D eigenvalue weighted by Gasteiger charge is 2.51. The Hall–Kier alpha value is -3.27. The maximum absolute atomic E-state index is 13.1. The van der Waals surface area contributed by atoms with Gasteiger partial charge in [0.1, 0.15) is 0 Å². The zero-order valence-electron chi connectivity index (χ0n) is 14.8. The van der Waals surface area contributed by atoms with E-state index in [0.717, 1.165) is 46.7 Å². The van der Waals surface area contributed by atoms with E-state index < -0.39 is 5.41 Å². The molecule has 1 fully saturated rings. The van der Waals surface area contributed by atoms with Gasteiger partial charge in [0.15, 0.2) is 11.5 Å². The van der Waals surface area contributed by atoms with Gasteiger partial charge in [-0.2, -0.15) is 0 Å². The zero-order chi connectivity index (χ0) is 18.3. The molecule has 1 aliphatic carbocycles. The van der Waals surface area contributed by atoms with Crippen molar-refractivity contribution in [1.82, 2.24) is 0 Å². The van der Waals surface area contributed by atoms with Crippen LogP contribution in [0.25, 0.3) is 11.1 Å². The van der Waals surface area contributed by atoms with E-state index in [1.807, 2.05) is 54.6 Å². The van der Waals surface area contributed by atoms with E-state index in [0.29, 0.717) is 0 Å². The Morgan fingerprint density at radius 3 is 2.41 bits per heavy atom. The molecule has 3 aromatic rings. The molecule has 5 rings (SSSR count). The van der Waals surface area contributed by atoms with Crippen LogP contribution in [0, 0.1) is 0 Å². The van der Waals surface area contributed by atoms with E-state index in [4.69, 9.17) is 9.47 Å². The van der Waals surface area contributed by atoms with Gasteiger partial charge in [0.25, 0.3) is 0 Å². The number of amides is 1. The molecule has 0 radical (unpaired) electrons. The van der Waals surface area contributed by atoms with Crippen LogP contribution in [0.15, 0.2) is 72.8 Å². The normalized spacial score (nSPS) is 16.0. The van der Waals surface area contributed by atoms with E-state index in [-0.39, 0.29) is 12.7 Å². The first-order valence-corrected chi connectivity index (χ1v) is 9.12. The highest BCUT2D eigenvalue weighted by molar-refractivity contribution is 6.01. The third kappa shape index (κ3) is 2.83. The Morgan fingerprint density at radius 1 is 0.815 bits per heavy atom. The van der Waals surface area contributed by atoms with E-state index >= 15 is 0 Å². The molecule has 1 heterocycles. The molecule has 134 valence electrons. The summed E-state index contributed by atoms with van der Waals surface area (Å²) >= 11 is 0. The van der Waals surface area contributed by atoms with Gasteiger partial charge >= 0.3 is 0 Å². The summed E-state index contributed by atoms with van der Waals surface area (Å²) in [5, 5.41) is 3.11. The van der Waals surface area contributed by atoms with Gasteiger partial charge in [0.2, 0.25) is 12.7 Å². The Labute approximate surface area is 157 Å². The fourth-order valence-corrected chi connectivity index (χ4v) is 3.62. The summed E-state index contributed by atoms with van der Waals surface area (Å²) in [6.45, 7) is 0.240. The van der Waals surface area contributed by atoms with E-state index in [9.17, 15) is 4.79 Å². The minimum Gasteiger partial charge on any atom is -0.454 e. The minimum atomic E-state index is -0.469. The van der Waals surface area contributed by atoms with Gasteiger partial charge in [-0.1, -0.05) is 48.5 Å². The van der Waals surface area contributed by atoms with Crippen molar-refractivity contribution in [3.8, 4) is 22.6 Å². The molecule has 2 aliphatic rings. The number of anilines is 1. The highest BCUT2D eigenvalue weighted by Crippen LogP contribution is 2.51.